The van der Waals surface area contributed by atoms with Crippen molar-refractivity contribution in [3.63, 3.8) is 0 Å². The van der Waals surface area contributed by atoms with E-state index < -0.39 is 0 Å². The van der Waals surface area contributed by atoms with Crippen LogP contribution in [-0.4, -0.2) is 45.8 Å². The summed E-state index contributed by atoms with van der Waals surface area (Å²) in [5.74, 6) is 1.53. The molecule has 2 aliphatic rings. The number of anilines is 1. The maximum absolute atomic E-state index is 12.5. The van der Waals surface area contributed by atoms with Gasteiger partial charge in [0.15, 0.2) is 0 Å². The van der Waals surface area contributed by atoms with Crippen LogP contribution in [0.5, 0.6) is 0 Å². The summed E-state index contributed by atoms with van der Waals surface area (Å²) < 4.78 is 4.55. The number of piperazine rings is 1. The fraction of sp³-hybridized carbons (Fsp3) is 0.550. The quantitative estimate of drug-likeness (QED) is 0.829. The molecule has 0 N–H and O–H groups in total. The van der Waals surface area contributed by atoms with Gasteiger partial charge >= 0.3 is 0 Å². The number of nitrogens with zero attached hydrogens (tertiary/aromatic N) is 4. The Bertz CT molecular complexity index is 768. The summed E-state index contributed by atoms with van der Waals surface area (Å²) in [6, 6.07) is 8.78. The first-order valence-electron chi connectivity index (χ1n) is 9.53. The maximum Gasteiger partial charge on any atom is 0.226 e. The van der Waals surface area contributed by atoms with Gasteiger partial charge in [0.2, 0.25) is 11.0 Å². The summed E-state index contributed by atoms with van der Waals surface area (Å²) in [6.07, 6.45) is 4.13. The molecular weight excluding hydrogens is 344 g/mol. The molecule has 1 aliphatic carbocycles. The molecule has 0 radical (unpaired) electrons. The monoisotopic (exact) mass is 370 g/mol. The molecular formula is C20H26N4OS. The van der Waals surface area contributed by atoms with Crippen LogP contribution in [0.15, 0.2) is 24.3 Å². The van der Waals surface area contributed by atoms with Gasteiger partial charge in [0.25, 0.3) is 0 Å². The molecule has 2 heterocycles. The number of aromatic nitrogens is 2. The third kappa shape index (κ3) is 3.61. The molecule has 138 valence electrons. The van der Waals surface area contributed by atoms with Gasteiger partial charge in [0, 0.05) is 49.5 Å². The molecule has 0 spiro atoms. The van der Waals surface area contributed by atoms with Crippen molar-refractivity contribution < 1.29 is 4.79 Å². The minimum atomic E-state index is 0.237. The van der Waals surface area contributed by atoms with Crippen LogP contribution in [0.3, 0.4) is 0 Å². The lowest BCUT2D eigenvalue weighted by Gasteiger charge is -2.42. The number of hydrogen-bond acceptors (Lipinski definition) is 5. The minimum absolute atomic E-state index is 0.237. The van der Waals surface area contributed by atoms with E-state index in [1.54, 1.807) is 0 Å². The van der Waals surface area contributed by atoms with E-state index in [4.69, 9.17) is 4.98 Å². The standard InChI is InChI=1S/C20H26N4OS/c1-14-6-8-16(9-7-14)12-18-21-20(26-22-18)23-10-11-24(15(2)13-23)19(25)17-4-3-5-17/h6-9,15,17H,3-5,10-13H2,1-2H3. The first-order valence-corrected chi connectivity index (χ1v) is 10.3. The lowest BCUT2D eigenvalue weighted by atomic mass is 9.84. The van der Waals surface area contributed by atoms with Crippen LogP contribution >= 0.6 is 11.5 Å². The SMILES string of the molecule is Cc1ccc(Cc2nsc(N3CCN(C(=O)C4CCC4)C(C)C3)n2)cc1. The predicted molar refractivity (Wildman–Crippen MR) is 105 cm³/mol. The molecule has 1 atom stereocenters. The van der Waals surface area contributed by atoms with Crippen molar-refractivity contribution in [2.45, 2.75) is 45.6 Å². The summed E-state index contributed by atoms with van der Waals surface area (Å²) in [4.78, 5) is 21.7. The highest BCUT2D eigenvalue weighted by atomic mass is 32.1. The second-order valence-corrected chi connectivity index (χ2v) is 8.34. The first-order chi connectivity index (χ1) is 12.6. The highest BCUT2D eigenvalue weighted by Gasteiger charge is 2.35. The van der Waals surface area contributed by atoms with Crippen LogP contribution in [0.25, 0.3) is 0 Å². The van der Waals surface area contributed by atoms with Crippen molar-refractivity contribution in [1.82, 2.24) is 14.3 Å². The molecule has 1 aromatic carbocycles. The predicted octanol–water partition coefficient (Wildman–Crippen LogP) is 3.27. The molecule has 1 aliphatic heterocycles. The third-order valence-electron chi connectivity index (χ3n) is 5.58. The zero-order chi connectivity index (χ0) is 18.1. The Balaban J connectivity index is 1.37. The van der Waals surface area contributed by atoms with Gasteiger partial charge in [-0.05, 0) is 32.3 Å². The highest BCUT2D eigenvalue weighted by molar-refractivity contribution is 7.09. The van der Waals surface area contributed by atoms with E-state index in [0.717, 1.165) is 49.9 Å². The highest BCUT2D eigenvalue weighted by Crippen LogP contribution is 2.30. The zero-order valence-corrected chi connectivity index (χ0v) is 16.3. The molecule has 5 nitrogen and oxygen atoms in total. The van der Waals surface area contributed by atoms with Gasteiger partial charge in [0.05, 0.1) is 0 Å². The van der Waals surface area contributed by atoms with E-state index in [2.05, 4.69) is 52.3 Å². The largest absolute Gasteiger partial charge is 0.343 e. The van der Waals surface area contributed by atoms with E-state index in [-0.39, 0.29) is 12.0 Å². The van der Waals surface area contributed by atoms with Gasteiger partial charge in [-0.2, -0.15) is 4.37 Å². The van der Waals surface area contributed by atoms with Crippen molar-refractivity contribution in [2.24, 2.45) is 5.92 Å². The number of hydrogen-bond donors (Lipinski definition) is 0. The van der Waals surface area contributed by atoms with Crippen molar-refractivity contribution in [3.05, 3.63) is 41.2 Å². The third-order valence-corrected chi connectivity index (χ3v) is 6.39. The van der Waals surface area contributed by atoms with Gasteiger partial charge in [-0.3, -0.25) is 4.79 Å². The van der Waals surface area contributed by atoms with E-state index in [0.29, 0.717) is 5.91 Å². The van der Waals surface area contributed by atoms with Crippen LogP contribution < -0.4 is 4.90 Å². The van der Waals surface area contributed by atoms with Crippen LogP contribution in [-0.2, 0) is 11.2 Å². The molecule has 6 heteroatoms. The molecule has 4 rings (SSSR count). The van der Waals surface area contributed by atoms with Crippen LogP contribution in [0, 0.1) is 12.8 Å². The molecule has 1 unspecified atom stereocenters. The summed E-state index contributed by atoms with van der Waals surface area (Å²) in [5.41, 5.74) is 2.51. The number of aryl methyl sites for hydroxylation is 1. The fourth-order valence-electron chi connectivity index (χ4n) is 3.68. The average molecular weight is 371 g/mol. The molecule has 0 bridgehead atoms. The molecule has 2 fully saturated rings. The van der Waals surface area contributed by atoms with Crippen molar-refractivity contribution in [2.75, 3.05) is 24.5 Å². The fourth-order valence-corrected chi connectivity index (χ4v) is 4.40. The molecule has 1 saturated heterocycles. The maximum atomic E-state index is 12.5. The molecule has 26 heavy (non-hydrogen) atoms. The van der Waals surface area contributed by atoms with Gasteiger partial charge in [-0.15, -0.1) is 0 Å². The summed E-state index contributed by atoms with van der Waals surface area (Å²) in [7, 11) is 0. The Labute approximate surface area is 159 Å². The number of benzene rings is 1. The lowest BCUT2D eigenvalue weighted by molar-refractivity contribution is -0.140. The van der Waals surface area contributed by atoms with Crippen molar-refractivity contribution in [1.29, 1.82) is 0 Å². The second-order valence-electron chi connectivity index (χ2n) is 7.61. The van der Waals surface area contributed by atoms with Gasteiger partial charge in [-0.1, -0.05) is 36.2 Å². The van der Waals surface area contributed by atoms with Crippen LogP contribution in [0.4, 0.5) is 5.13 Å². The van der Waals surface area contributed by atoms with E-state index >= 15 is 0 Å². The molecule has 1 saturated carbocycles. The molecule has 1 amide bonds. The molecule has 2 aromatic rings. The van der Waals surface area contributed by atoms with Gasteiger partial charge < -0.3 is 9.80 Å². The number of carbonyl (C=O) groups excluding carboxylic acids is 1. The summed E-state index contributed by atoms with van der Waals surface area (Å²) >= 11 is 1.47. The van der Waals surface area contributed by atoms with Gasteiger partial charge in [0.1, 0.15) is 5.82 Å². The van der Waals surface area contributed by atoms with E-state index in [1.807, 2.05) is 0 Å². The van der Waals surface area contributed by atoms with Crippen LogP contribution in [0.2, 0.25) is 0 Å². The van der Waals surface area contributed by atoms with Gasteiger partial charge in [-0.25, -0.2) is 4.98 Å². The summed E-state index contributed by atoms with van der Waals surface area (Å²) in [6.45, 7) is 6.74. The van der Waals surface area contributed by atoms with Crippen molar-refractivity contribution >= 4 is 22.6 Å². The Morgan fingerprint density at radius 3 is 2.65 bits per heavy atom. The second kappa shape index (κ2) is 7.35. The number of carbonyl (C=O) groups is 1. The topological polar surface area (TPSA) is 49.3 Å². The Hall–Kier alpha value is -1.95. The summed E-state index contributed by atoms with van der Waals surface area (Å²) in [5, 5.41) is 0.981. The smallest absolute Gasteiger partial charge is 0.226 e. The molecule has 1 aromatic heterocycles. The number of amides is 1. The van der Waals surface area contributed by atoms with E-state index in [1.165, 1.54) is 29.1 Å². The van der Waals surface area contributed by atoms with Crippen LogP contribution in [0.1, 0.15) is 43.1 Å². The zero-order valence-electron chi connectivity index (χ0n) is 15.5. The Morgan fingerprint density at radius 1 is 1.23 bits per heavy atom. The first kappa shape index (κ1) is 17.5. The average Bonchev–Trinajstić information content (AvgIpc) is 3.04. The minimum Gasteiger partial charge on any atom is -0.343 e. The number of rotatable bonds is 4. The lowest BCUT2D eigenvalue weighted by Crippen LogP contribution is -2.56. The van der Waals surface area contributed by atoms with Crippen molar-refractivity contribution in [3.8, 4) is 0 Å². The Morgan fingerprint density at radius 2 is 2.00 bits per heavy atom. The Kier molecular flexibility index (Phi) is 4.94. The normalized spacial score (nSPS) is 20.9. The van der Waals surface area contributed by atoms with E-state index in [9.17, 15) is 4.79 Å².